The molecule has 1 aliphatic rings. The first-order chi connectivity index (χ1) is 13.2. The molecule has 1 saturated heterocycles. The Morgan fingerprint density at radius 2 is 2.19 bits per heavy atom. The number of nitrogens with one attached hydrogen (secondary N) is 4. The van der Waals surface area contributed by atoms with Gasteiger partial charge in [0.15, 0.2) is 5.82 Å². The van der Waals surface area contributed by atoms with Crippen molar-refractivity contribution in [2.24, 2.45) is 0 Å². The molecule has 0 bridgehead atoms. The number of anilines is 2. The summed E-state index contributed by atoms with van der Waals surface area (Å²) in [6, 6.07) is 11.1. The molecular formula is C19H22N6O2. The number of fused-ring (bicyclic) bond motifs is 1. The van der Waals surface area contributed by atoms with Crippen LogP contribution in [-0.2, 0) is 4.74 Å². The van der Waals surface area contributed by atoms with Crippen molar-refractivity contribution < 1.29 is 9.53 Å². The van der Waals surface area contributed by atoms with Crippen LogP contribution in [0.15, 0.2) is 42.6 Å². The Morgan fingerprint density at radius 3 is 2.93 bits per heavy atom. The maximum atomic E-state index is 12.6. The van der Waals surface area contributed by atoms with E-state index in [2.05, 4.69) is 31.1 Å². The molecule has 3 heterocycles. The first kappa shape index (κ1) is 17.3. The molecule has 3 aromatic rings. The second-order valence-corrected chi connectivity index (χ2v) is 6.48. The average molecular weight is 366 g/mol. The minimum Gasteiger partial charge on any atom is -0.376 e. The van der Waals surface area contributed by atoms with Crippen molar-refractivity contribution in [2.75, 3.05) is 24.3 Å². The molecule has 0 spiro atoms. The predicted molar refractivity (Wildman–Crippen MR) is 104 cm³/mol. The number of aromatic amines is 1. The summed E-state index contributed by atoms with van der Waals surface area (Å²) in [6.45, 7) is 0.725. The molecule has 4 N–H and O–H groups in total. The zero-order valence-corrected chi connectivity index (χ0v) is 15.0. The Morgan fingerprint density at radius 1 is 1.33 bits per heavy atom. The summed E-state index contributed by atoms with van der Waals surface area (Å²) in [5.74, 6) is 1.17. The first-order valence-electron chi connectivity index (χ1n) is 9.00. The highest BCUT2D eigenvalue weighted by molar-refractivity contribution is 5.94. The van der Waals surface area contributed by atoms with Crippen LogP contribution in [0.25, 0.3) is 10.9 Å². The molecule has 27 heavy (non-hydrogen) atoms. The van der Waals surface area contributed by atoms with Gasteiger partial charge in [0, 0.05) is 25.9 Å². The summed E-state index contributed by atoms with van der Waals surface area (Å²) < 4.78 is 5.82. The van der Waals surface area contributed by atoms with Crippen LogP contribution in [0.4, 0.5) is 16.4 Å². The Labute approximate surface area is 156 Å². The molecule has 8 nitrogen and oxygen atoms in total. The minimum atomic E-state index is -0.320. The van der Waals surface area contributed by atoms with E-state index in [1.54, 1.807) is 19.3 Å². The van der Waals surface area contributed by atoms with Crippen molar-refractivity contribution in [3.63, 3.8) is 0 Å². The molecule has 0 radical (unpaired) electrons. The molecule has 2 amide bonds. The van der Waals surface area contributed by atoms with Gasteiger partial charge in [-0.15, -0.1) is 0 Å². The van der Waals surface area contributed by atoms with Crippen molar-refractivity contribution >= 4 is 28.6 Å². The number of carbonyl (C=O) groups excluding carboxylic acids is 1. The third-order valence-corrected chi connectivity index (χ3v) is 4.71. The summed E-state index contributed by atoms with van der Waals surface area (Å²) in [4.78, 5) is 16.9. The number of rotatable bonds is 5. The van der Waals surface area contributed by atoms with Crippen LogP contribution in [0, 0.1) is 0 Å². The predicted octanol–water partition coefficient (Wildman–Crippen LogP) is 3.04. The zero-order valence-electron chi connectivity index (χ0n) is 15.0. The maximum Gasteiger partial charge on any atom is 0.320 e. The van der Waals surface area contributed by atoms with Gasteiger partial charge in [0.2, 0.25) is 0 Å². The van der Waals surface area contributed by atoms with Crippen LogP contribution in [0.3, 0.4) is 0 Å². The first-order valence-corrected chi connectivity index (χ1v) is 9.00. The molecule has 2 atom stereocenters. The van der Waals surface area contributed by atoms with Gasteiger partial charge in [-0.2, -0.15) is 5.10 Å². The van der Waals surface area contributed by atoms with E-state index in [1.807, 2.05) is 30.3 Å². The molecule has 1 aliphatic heterocycles. The average Bonchev–Trinajstić information content (AvgIpc) is 3.36. The van der Waals surface area contributed by atoms with Crippen LogP contribution in [0.5, 0.6) is 0 Å². The number of nitrogens with zero attached hydrogens (tertiary/aromatic N) is 2. The van der Waals surface area contributed by atoms with E-state index in [0.717, 1.165) is 41.7 Å². The summed E-state index contributed by atoms with van der Waals surface area (Å²) in [7, 11) is 1.80. The Bertz CT molecular complexity index is 920. The van der Waals surface area contributed by atoms with Gasteiger partial charge >= 0.3 is 6.03 Å². The highest BCUT2D eigenvalue weighted by atomic mass is 16.5. The van der Waals surface area contributed by atoms with Crippen molar-refractivity contribution in [2.45, 2.75) is 25.0 Å². The molecule has 0 saturated carbocycles. The second kappa shape index (κ2) is 7.63. The molecule has 4 rings (SSSR count). The summed E-state index contributed by atoms with van der Waals surface area (Å²) >= 11 is 0. The van der Waals surface area contributed by atoms with Gasteiger partial charge in [-0.1, -0.05) is 30.3 Å². The fraction of sp³-hybridized carbons (Fsp3) is 0.316. The number of H-pyrrole nitrogens is 1. The van der Waals surface area contributed by atoms with E-state index in [-0.39, 0.29) is 18.2 Å². The fourth-order valence-electron chi connectivity index (χ4n) is 3.38. The molecule has 2 aromatic heterocycles. The molecule has 8 heteroatoms. The molecule has 2 unspecified atom stereocenters. The lowest BCUT2D eigenvalue weighted by Crippen LogP contribution is -2.38. The monoisotopic (exact) mass is 366 g/mol. The third-order valence-electron chi connectivity index (χ3n) is 4.71. The van der Waals surface area contributed by atoms with Crippen LogP contribution >= 0.6 is 0 Å². The molecule has 140 valence electrons. The van der Waals surface area contributed by atoms with E-state index < -0.39 is 0 Å². The SMILES string of the molecule is CNc1n[nH]c2cc(NC(=O)NC(c3ccccc3)C3CCCO3)ncc12. The van der Waals surface area contributed by atoms with Crippen molar-refractivity contribution in [3.8, 4) is 0 Å². The largest absolute Gasteiger partial charge is 0.376 e. The van der Waals surface area contributed by atoms with Crippen LogP contribution in [-0.4, -0.2) is 41.0 Å². The topological polar surface area (TPSA) is 104 Å². The van der Waals surface area contributed by atoms with Crippen molar-refractivity contribution in [1.29, 1.82) is 0 Å². The molecular weight excluding hydrogens is 344 g/mol. The van der Waals surface area contributed by atoms with Gasteiger partial charge in [0.25, 0.3) is 0 Å². The van der Waals surface area contributed by atoms with Gasteiger partial charge in [-0.05, 0) is 18.4 Å². The number of pyridine rings is 1. The summed E-state index contributed by atoms with van der Waals surface area (Å²) in [5.41, 5.74) is 1.82. The van der Waals surface area contributed by atoms with E-state index in [4.69, 9.17) is 4.74 Å². The number of urea groups is 1. The van der Waals surface area contributed by atoms with E-state index >= 15 is 0 Å². The maximum absolute atomic E-state index is 12.6. The molecule has 0 aliphatic carbocycles. The fourth-order valence-corrected chi connectivity index (χ4v) is 3.38. The van der Waals surface area contributed by atoms with Gasteiger partial charge < -0.3 is 15.4 Å². The standard InChI is InChI=1S/C19H22N6O2/c1-20-18-13-11-21-16(10-14(13)24-25-18)22-19(26)23-17(15-8-5-9-27-15)12-6-3-2-4-7-12/h2-4,6-7,10-11,15,17H,5,8-9H2,1H3,(H2,20,24,25)(H2,21,22,23,26). The van der Waals surface area contributed by atoms with E-state index in [0.29, 0.717) is 5.82 Å². The van der Waals surface area contributed by atoms with E-state index in [1.165, 1.54) is 0 Å². The number of hydrogen-bond acceptors (Lipinski definition) is 5. The van der Waals surface area contributed by atoms with Gasteiger partial charge in [-0.25, -0.2) is 9.78 Å². The lowest BCUT2D eigenvalue weighted by Gasteiger charge is -2.24. The number of carbonyl (C=O) groups is 1. The minimum absolute atomic E-state index is 0.0283. The summed E-state index contributed by atoms with van der Waals surface area (Å²) in [6.07, 6.45) is 3.57. The zero-order chi connectivity index (χ0) is 18.6. The van der Waals surface area contributed by atoms with Crippen molar-refractivity contribution in [1.82, 2.24) is 20.5 Å². The smallest absolute Gasteiger partial charge is 0.320 e. The number of hydrogen-bond donors (Lipinski definition) is 4. The Hall–Kier alpha value is -3.13. The van der Waals surface area contributed by atoms with Gasteiger partial charge in [-0.3, -0.25) is 10.4 Å². The normalized spacial score (nSPS) is 17.6. The van der Waals surface area contributed by atoms with E-state index in [9.17, 15) is 4.79 Å². The number of aromatic nitrogens is 3. The molecule has 1 aromatic carbocycles. The Balaban J connectivity index is 1.49. The molecule has 1 fully saturated rings. The highest BCUT2D eigenvalue weighted by Gasteiger charge is 2.28. The van der Waals surface area contributed by atoms with Crippen LogP contribution in [0.2, 0.25) is 0 Å². The van der Waals surface area contributed by atoms with Crippen molar-refractivity contribution in [3.05, 3.63) is 48.2 Å². The van der Waals surface area contributed by atoms with Gasteiger partial charge in [0.1, 0.15) is 5.82 Å². The number of amides is 2. The van der Waals surface area contributed by atoms with Crippen LogP contribution in [0.1, 0.15) is 24.4 Å². The van der Waals surface area contributed by atoms with Crippen LogP contribution < -0.4 is 16.0 Å². The van der Waals surface area contributed by atoms with Gasteiger partial charge in [0.05, 0.1) is 23.0 Å². The number of benzene rings is 1. The lowest BCUT2D eigenvalue weighted by atomic mass is 9.99. The Kier molecular flexibility index (Phi) is 4.88. The number of ether oxygens (including phenoxy) is 1. The summed E-state index contributed by atoms with van der Waals surface area (Å²) in [5, 5.41) is 16.8. The second-order valence-electron chi connectivity index (χ2n) is 6.48. The highest BCUT2D eigenvalue weighted by Crippen LogP contribution is 2.27. The quantitative estimate of drug-likeness (QED) is 0.556. The lowest BCUT2D eigenvalue weighted by molar-refractivity contribution is 0.0815. The third kappa shape index (κ3) is 3.70.